The molecule has 0 unspecified atom stereocenters. The largest absolute Gasteiger partial charge is 0.482 e. The zero-order valence-corrected chi connectivity index (χ0v) is 15.8. The van der Waals surface area contributed by atoms with E-state index in [1.807, 2.05) is 26.0 Å². The van der Waals surface area contributed by atoms with E-state index < -0.39 is 18.0 Å². The number of rotatable bonds is 6. The van der Waals surface area contributed by atoms with Gasteiger partial charge in [-0.25, -0.2) is 9.59 Å². The quantitative estimate of drug-likeness (QED) is 0.566. The highest BCUT2D eigenvalue weighted by molar-refractivity contribution is 5.96. The maximum atomic E-state index is 12.2. The Bertz CT molecular complexity index is 1080. The average molecular weight is 383 g/mol. The van der Waals surface area contributed by atoms with E-state index in [0.29, 0.717) is 22.5 Å². The lowest BCUT2D eigenvalue weighted by Crippen LogP contribution is -2.31. The summed E-state index contributed by atoms with van der Waals surface area (Å²) in [5, 5.41) is 2.64. The normalized spacial score (nSPS) is 11.8. The number of fused-ring (bicyclic) bond motifs is 1. The summed E-state index contributed by atoms with van der Waals surface area (Å²) in [7, 11) is 0. The first-order valence-electron chi connectivity index (χ1n) is 8.74. The fraction of sp³-hybridized carbons (Fsp3) is 0.250. The number of imidazole rings is 1. The van der Waals surface area contributed by atoms with Crippen molar-refractivity contribution in [1.29, 1.82) is 0 Å². The van der Waals surface area contributed by atoms with E-state index in [1.165, 1.54) is 6.92 Å². The standard InChI is InChI=1S/C20H21N3O5/c1-11-4-7-17(12(2)8-11)27-10-18(24)28-13(3)19(25)21-14-5-6-15-16(9-14)23-20(26)22-15/h4-9,13H,10H2,1-3H3,(H,21,25)(H2,22,23,26)/t13-/m0/s1. The van der Waals surface area contributed by atoms with Gasteiger partial charge in [-0.1, -0.05) is 17.7 Å². The number of carbonyl (C=O) groups is 2. The number of ether oxygens (including phenoxy) is 2. The van der Waals surface area contributed by atoms with Gasteiger partial charge in [-0.05, 0) is 50.6 Å². The van der Waals surface area contributed by atoms with Gasteiger partial charge in [-0.15, -0.1) is 0 Å². The number of aryl methyl sites for hydroxylation is 2. The predicted molar refractivity (Wildman–Crippen MR) is 105 cm³/mol. The minimum atomic E-state index is -1.00. The van der Waals surface area contributed by atoms with E-state index in [1.54, 1.807) is 24.3 Å². The Balaban J connectivity index is 1.53. The fourth-order valence-electron chi connectivity index (χ4n) is 2.74. The Morgan fingerprint density at radius 3 is 2.57 bits per heavy atom. The van der Waals surface area contributed by atoms with E-state index in [4.69, 9.17) is 9.47 Å². The predicted octanol–water partition coefficient (Wildman–Crippen LogP) is 2.42. The van der Waals surface area contributed by atoms with Crippen LogP contribution in [0.1, 0.15) is 18.1 Å². The monoisotopic (exact) mass is 383 g/mol. The third kappa shape index (κ3) is 4.59. The Morgan fingerprint density at radius 2 is 1.82 bits per heavy atom. The van der Waals surface area contributed by atoms with Crippen molar-refractivity contribution in [2.45, 2.75) is 26.9 Å². The molecule has 1 amide bonds. The van der Waals surface area contributed by atoms with Crippen molar-refractivity contribution in [1.82, 2.24) is 9.97 Å². The summed E-state index contributed by atoms with van der Waals surface area (Å²) in [5.41, 5.74) is 3.35. The molecule has 0 aliphatic carbocycles. The number of aromatic amines is 2. The van der Waals surface area contributed by atoms with Gasteiger partial charge in [0.1, 0.15) is 5.75 Å². The summed E-state index contributed by atoms with van der Waals surface area (Å²) in [5.74, 6) is -0.543. The summed E-state index contributed by atoms with van der Waals surface area (Å²) in [6, 6.07) is 10.5. The molecule has 0 bridgehead atoms. The molecule has 1 heterocycles. The van der Waals surface area contributed by atoms with E-state index in [0.717, 1.165) is 11.1 Å². The van der Waals surface area contributed by atoms with Crippen LogP contribution in [0.2, 0.25) is 0 Å². The van der Waals surface area contributed by atoms with Crippen LogP contribution in [0.5, 0.6) is 5.75 Å². The Kier molecular flexibility index (Phi) is 5.49. The molecule has 0 aliphatic heterocycles. The molecular weight excluding hydrogens is 362 g/mol. The molecule has 3 aromatic rings. The zero-order chi connectivity index (χ0) is 20.3. The third-order valence-electron chi connectivity index (χ3n) is 4.14. The second-order valence-electron chi connectivity index (χ2n) is 6.52. The Hall–Kier alpha value is -3.55. The van der Waals surface area contributed by atoms with Crippen LogP contribution in [-0.4, -0.2) is 34.6 Å². The van der Waals surface area contributed by atoms with Crippen LogP contribution >= 0.6 is 0 Å². The number of benzene rings is 2. The van der Waals surface area contributed by atoms with Crippen LogP contribution in [0.25, 0.3) is 11.0 Å². The second kappa shape index (κ2) is 7.99. The molecule has 1 aromatic heterocycles. The maximum absolute atomic E-state index is 12.2. The number of H-pyrrole nitrogens is 2. The highest BCUT2D eigenvalue weighted by Gasteiger charge is 2.19. The number of esters is 1. The van der Waals surface area contributed by atoms with Crippen molar-refractivity contribution in [2.75, 3.05) is 11.9 Å². The third-order valence-corrected chi connectivity index (χ3v) is 4.14. The van der Waals surface area contributed by atoms with E-state index in [9.17, 15) is 14.4 Å². The van der Waals surface area contributed by atoms with E-state index in [2.05, 4.69) is 15.3 Å². The summed E-state index contributed by atoms with van der Waals surface area (Å²) in [6.45, 7) is 5.04. The molecule has 1 atom stereocenters. The van der Waals surface area contributed by atoms with Crippen molar-refractivity contribution < 1.29 is 19.1 Å². The van der Waals surface area contributed by atoms with Gasteiger partial charge in [-0.3, -0.25) is 4.79 Å². The van der Waals surface area contributed by atoms with Crippen molar-refractivity contribution in [3.05, 3.63) is 58.0 Å². The summed E-state index contributed by atoms with van der Waals surface area (Å²) in [4.78, 5) is 40.7. The number of nitrogens with one attached hydrogen (secondary N) is 3. The Labute approximate surface area is 160 Å². The van der Waals surface area contributed by atoms with Crippen LogP contribution < -0.4 is 15.7 Å². The number of carbonyl (C=O) groups excluding carboxylic acids is 2. The maximum Gasteiger partial charge on any atom is 0.344 e. The van der Waals surface area contributed by atoms with Gasteiger partial charge < -0.3 is 24.8 Å². The first kappa shape index (κ1) is 19.2. The summed E-state index contributed by atoms with van der Waals surface area (Å²) < 4.78 is 10.6. The molecule has 8 nitrogen and oxygen atoms in total. The molecule has 0 aliphatic rings. The van der Waals surface area contributed by atoms with Crippen molar-refractivity contribution in [3.63, 3.8) is 0 Å². The molecule has 8 heteroatoms. The topological polar surface area (TPSA) is 113 Å². The smallest absolute Gasteiger partial charge is 0.344 e. The summed E-state index contributed by atoms with van der Waals surface area (Å²) in [6.07, 6.45) is -1.00. The molecule has 0 saturated heterocycles. The van der Waals surface area contributed by atoms with Crippen molar-refractivity contribution >= 4 is 28.6 Å². The number of amides is 1. The highest BCUT2D eigenvalue weighted by Crippen LogP contribution is 2.19. The van der Waals surface area contributed by atoms with Gasteiger partial charge in [0.25, 0.3) is 5.91 Å². The number of hydrogen-bond donors (Lipinski definition) is 3. The lowest BCUT2D eigenvalue weighted by Gasteiger charge is -2.14. The Morgan fingerprint density at radius 1 is 1.07 bits per heavy atom. The molecule has 0 fully saturated rings. The number of hydrogen-bond acceptors (Lipinski definition) is 5. The van der Waals surface area contributed by atoms with Crippen LogP contribution in [0.15, 0.2) is 41.2 Å². The first-order valence-corrected chi connectivity index (χ1v) is 8.74. The van der Waals surface area contributed by atoms with Crippen LogP contribution in [0.3, 0.4) is 0 Å². The average Bonchev–Trinajstić information content (AvgIpc) is 3.00. The molecule has 0 saturated carbocycles. The van der Waals surface area contributed by atoms with E-state index >= 15 is 0 Å². The molecule has 3 N–H and O–H groups in total. The van der Waals surface area contributed by atoms with Crippen LogP contribution in [0.4, 0.5) is 5.69 Å². The van der Waals surface area contributed by atoms with E-state index in [-0.39, 0.29) is 12.3 Å². The van der Waals surface area contributed by atoms with Gasteiger partial charge in [0.05, 0.1) is 11.0 Å². The molecule has 2 aromatic carbocycles. The minimum Gasteiger partial charge on any atom is -0.482 e. The van der Waals surface area contributed by atoms with Gasteiger partial charge in [0.15, 0.2) is 12.7 Å². The molecule has 0 spiro atoms. The van der Waals surface area contributed by atoms with Crippen molar-refractivity contribution in [3.8, 4) is 5.75 Å². The number of aromatic nitrogens is 2. The molecular formula is C20H21N3O5. The fourth-order valence-corrected chi connectivity index (χ4v) is 2.74. The van der Waals surface area contributed by atoms with Gasteiger partial charge in [0.2, 0.25) is 0 Å². The van der Waals surface area contributed by atoms with Gasteiger partial charge in [0, 0.05) is 5.69 Å². The van der Waals surface area contributed by atoms with Gasteiger partial charge >= 0.3 is 11.7 Å². The second-order valence-corrected chi connectivity index (χ2v) is 6.52. The molecule has 0 radical (unpaired) electrons. The van der Waals surface area contributed by atoms with Crippen LogP contribution in [0, 0.1) is 13.8 Å². The lowest BCUT2D eigenvalue weighted by atomic mass is 10.1. The van der Waals surface area contributed by atoms with Gasteiger partial charge in [-0.2, -0.15) is 0 Å². The first-order chi connectivity index (χ1) is 13.3. The number of anilines is 1. The summed E-state index contributed by atoms with van der Waals surface area (Å²) >= 11 is 0. The molecule has 28 heavy (non-hydrogen) atoms. The SMILES string of the molecule is Cc1ccc(OCC(=O)O[C@@H](C)C(=O)Nc2ccc3[nH]c(=O)[nH]c3c2)c(C)c1. The lowest BCUT2D eigenvalue weighted by molar-refractivity contribution is -0.155. The molecule has 146 valence electrons. The molecule has 3 rings (SSSR count). The highest BCUT2D eigenvalue weighted by atomic mass is 16.6. The van der Waals surface area contributed by atoms with Crippen molar-refractivity contribution in [2.24, 2.45) is 0 Å². The minimum absolute atomic E-state index is 0.294. The zero-order valence-electron chi connectivity index (χ0n) is 15.8. The van der Waals surface area contributed by atoms with Crippen LogP contribution in [-0.2, 0) is 14.3 Å².